The van der Waals surface area contributed by atoms with Gasteiger partial charge in [0.2, 0.25) is 5.91 Å². The summed E-state index contributed by atoms with van der Waals surface area (Å²) in [6, 6.07) is 9.57. The zero-order valence-corrected chi connectivity index (χ0v) is 17.8. The van der Waals surface area contributed by atoms with Crippen molar-refractivity contribution in [2.75, 3.05) is 18.5 Å². The van der Waals surface area contributed by atoms with Crippen molar-refractivity contribution >= 4 is 46.5 Å². The predicted octanol–water partition coefficient (Wildman–Crippen LogP) is 3.14. The van der Waals surface area contributed by atoms with Gasteiger partial charge in [0.1, 0.15) is 11.6 Å². The smallest absolute Gasteiger partial charge is 0.325 e. The lowest BCUT2D eigenvalue weighted by Crippen LogP contribution is -2.31. The fraction of sp³-hybridized carbons (Fsp3) is 0.238. The van der Waals surface area contributed by atoms with Gasteiger partial charge in [0.05, 0.1) is 4.92 Å². The lowest BCUT2D eigenvalue weighted by Gasteiger charge is -2.08. The average molecular weight is 462 g/mol. The molecule has 2 rings (SSSR count). The fourth-order valence-electron chi connectivity index (χ4n) is 2.52. The van der Waals surface area contributed by atoms with E-state index >= 15 is 0 Å². The molecular formula is C21H20ClN3O7. The van der Waals surface area contributed by atoms with E-state index in [4.69, 9.17) is 16.3 Å². The highest BCUT2D eigenvalue weighted by Gasteiger charge is 2.17. The monoisotopic (exact) mass is 461 g/mol. The van der Waals surface area contributed by atoms with E-state index < -0.39 is 41.4 Å². The van der Waals surface area contributed by atoms with Crippen LogP contribution in [-0.2, 0) is 14.3 Å². The largest absolute Gasteiger partial charge is 0.456 e. The van der Waals surface area contributed by atoms with Crippen LogP contribution in [0.25, 0.3) is 0 Å². The Labute approximate surface area is 188 Å². The van der Waals surface area contributed by atoms with Gasteiger partial charge in [0.25, 0.3) is 11.6 Å². The molecule has 0 bridgehead atoms. The minimum absolute atomic E-state index is 0.0592. The summed E-state index contributed by atoms with van der Waals surface area (Å²) in [6.45, 7) is 0.811. The molecule has 168 valence electrons. The molecule has 2 amide bonds. The van der Waals surface area contributed by atoms with Gasteiger partial charge in [-0.3, -0.25) is 29.3 Å². The number of nitrogens with zero attached hydrogens (tertiary/aromatic N) is 1. The molecule has 10 nitrogen and oxygen atoms in total. The second kappa shape index (κ2) is 11.6. The van der Waals surface area contributed by atoms with Gasteiger partial charge in [-0.1, -0.05) is 18.5 Å². The van der Waals surface area contributed by atoms with Gasteiger partial charge in [-0.2, -0.15) is 0 Å². The first-order valence-electron chi connectivity index (χ1n) is 9.52. The third-order valence-electron chi connectivity index (χ3n) is 4.13. The summed E-state index contributed by atoms with van der Waals surface area (Å²) in [7, 11) is 0. The van der Waals surface area contributed by atoms with E-state index in [1.807, 2.05) is 6.92 Å². The van der Waals surface area contributed by atoms with Crippen LogP contribution in [0.4, 0.5) is 11.4 Å². The van der Waals surface area contributed by atoms with E-state index in [1.165, 1.54) is 24.3 Å². The Morgan fingerprint density at radius 1 is 1.06 bits per heavy atom. The number of ether oxygens (including phenoxy) is 1. The molecule has 2 aromatic carbocycles. The number of anilines is 1. The summed E-state index contributed by atoms with van der Waals surface area (Å²) in [4.78, 5) is 57.8. The van der Waals surface area contributed by atoms with Gasteiger partial charge in [-0.25, -0.2) is 0 Å². The minimum Gasteiger partial charge on any atom is -0.456 e. The van der Waals surface area contributed by atoms with Crippen molar-refractivity contribution in [3.8, 4) is 0 Å². The SMILES string of the molecule is CCCC(=O)Nc1ccc(C(=O)COC(=O)CNC(=O)c2ccc(Cl)c([N+](=O)[O-])c2)cc1. The third kappa shape index (κ3) is 7.17. The summed E-state index contributed by atoms with van der Waals surface area (Å²) in [5.74, 6) is -2.20. The molecular weight excluding hydrogens is 442 g/mol. The van der Waals surface area contributed by atoms with E-state index in [0.29, 0.717) is 18.5 Å². The van der Waals surface area contributed by atoms with Crippen LogP contribution in [0.5, 0.6) is 0 Å². The summed E-state index contributed by atoms with van der Waals surface area (Å²) >= 11 is 5.69. The molecule has 0 spiro atoms. The Morgan fingerprint density at radius 2 is 1.72 bits per heavy atom. The number of hydrogen-bond donors (Lipinski definition) is 2. The number of halogens is 1. The zero-order chi connectivity index (χ0) is 23.7. The Bertz CT molecular complexity index is 1040. The summed E-state index contributed by atoms with van der Waals surface area (Å²) < 4.78 is 4.85. The van der Waals surface area contributed by atoms with Gasteiger partial charge in [-0.05, 0) is 42.8 Å². The molecule has 0 unspecified atom stereocenters. The maximum Gasteiger partial charge on any atom is 0.325 e. The predicted molar refractivity (Wildman–Crippen MR) is 116 cm³/mol. The molecule has 0 heterocycles. The summed E-state index contributed by atoms with van der Waals surface area (Å²) in [6.07, 6.45) is 1.11. The maximum absolute atomic E-state index is 12.1. The number of benzene rings is 2. The van der Waals surface area contributed by atoms with Crippen molar-refractivity contribution < 1.29 is 28.8 Å². The molecule has 0 aliphatic heterocycles. The highest BCUT2D eigenvalue weighted by Crippen LogP contribution is 2.24. The first kappa shape index (κ1) is 24.5. The van der Waals surface area contributed by atoms with Gasteiger partial charge in [-0.15, -0.1) is 0 Å². The van der Waals surface area contributed by atoms with Crippen LogP contribution in [-0.4, -0.2) is 41.6 Å². The van der Waals surface area contributed by atoms with Gasteiger partial charge in [0.15, 0.2) is 12.4 Å². The number of carbonyl (C=O) groups excluding carboxylic acids is 4. The van der Waals surface area contributed by atoms with Crippen LogP contribution in [0, 0.1) is 10.1 Å². The molecule has 0 aliphatic carbocycles. The third-order valence-corrected chi connectivity index (χ3v) is 4.45. The van der Waals surface area contributed by atoms with Crippen LogP contribution < -0.4 is 10.6 Å². The molecule has 0 fully saturated rings. The number of nitrogens with one attached hydrogen (secondary N) is 2. The summed E-state index contributed by atoms with van der Waals surface area (Å²) in [5.41, 5.74) is 0.325. The molecule has 2 N–H and O–H groups in total. The van der Waals surface area contributed by atoms with Crippen molar-refractivity contribution in [2.24, 2.45) is 0 Å². The fourth-order valence-corrected chi connectivity index (χ4v) is 2.71. The molecule has 0 radical (unpaired) electrons. The zero-order valence-electron chi connectivity index (χ0n) is 17.1. The number of ketones is 1. The van der Waals surface area contributed by atoms with Crippen molar-refractivity contribution in [1.82, 2.24) is 5.32 Å². The number of amides is 2. The number of esters is 1. The Hall–Kier alpha value is -3.79. The minimum atomic E-state index is -0.862. The van der Waals surface area contributed by atoms with Gasteiger partial charge < -0.3 is 15.4 Å². The van der Waals surface area contributed by atoms with Crippen LogP contribution in [0.1, 0.15) is 40.5 Å². The van der Waals surface area contributed by atoms with Gasteiger partial charge >= 0.3 is 5.97 Å². The molecule has 0 atom stereocenters. The van der Waals surface area contributed by atoms with E-state index in [-0.39, 0.29) is 22.1 Å². The number of nitro benzene ring substituents is 1. The first-order valence-corrected chi connectivity index (χ1v) is 9.90. The normalized spacial score (nSPS) is 10.2. The van der Waals surface area contributed by atoms with Crippen molar-refractivity contribution in [2.45, 2.75) is 19.8 Å². The lowest BCUT2D eigenvalue weighted by atomic mass is 10.1. The molecule has 0 saturated carbocycles. The number of Topliss-reactive ketones (excluding diaryl/α,β-unsaturated/α-hetero) is 1. The number of rotatable bonds is 10. The highest BCUT2D eigenvalue weighted by atomic mass is 35.5. The summed E-state index contributed by atoms with van der Waals surface area (Å²) in [5, 5.41) is 15.7. The van der Waals surface area contributed by atoms with Crippen LogP contribution in [0.2, 0.25) is 5.02 Å². The molecule has 0 aliphatic rings. The van der Waals surface area contributed by atoms with Crippen molar-refractivity contribution in [1.29, 1.82) is 0 Å². The van der Waals surface area contributed by atoms with Crippen molar-refractivity contribution in [3.63, 3.8) is 0 Å². The number of carbonyl (C=O) groups is 4. The Kier molecular flexibility index (Phi) is 8.84. The number of hydrogen-bond acceptors (Lipinski definition) is 7. The molecule has 0 saturated heterocycles. The van der Waals surface area contributed by atoms with E-state index in [9.17, 15) is 29.3 Å². The molecule has 11 heteroatoms. The lowest BCUT2D eigenvalue weighted by molar-refractivity contribution is -0.384. The average Bonchev–Trinajstić information content (AvgIpc) is 2.76. The van der Waals surface area contributed by atoms with E-state index in [2.05, 4.69) is 10.6 Å². The highest BCUT2D eigenvalue weighted by molar-refractivity contribution is 6.32. The van der Waals surface area contributed by atoms with Crippen LogP contribution in [0.3, 0.4) is 0 Å². The van der Waals surface area contributed by atoms with E-state index in [0.717, 1.165) is 6.07 Å². The second-order valence-electron chi connectivity index (χ2n) is 6.57. The van der Waals surface area contributed by atoms with Crippen LogP contribution in [0.15, 0.2) is 42.5 Å². The van der Waals surface area contributed by atoms with Crippen LogP contribution >= 0.6 is 11.6 Å². The quantitative estimate of drug-likeness (QED) is 0.239. The Balaban J connectivity index is 1.82. The first-order chi connectivity index (χ1) is 15.2. The second-order valence-corrected chi connectivity index (χ2v) is 6.97. The standard InChI is InChI=1S/C21H20ClN3O7/c1-2-3-19(27)24-15-7-4-13(5-8-15)18(26)12-32-20(28)11-23-21(29)14-6-9-16(22)17(10-14)25(30)31/h4-10H,2-3,11-12H2,1H3,(H,23,29)(H,24,27). The topological polar surface area (TPSA) is 145 Å². The van der Waals surface area contributed by atoms with Crippen molar-refractivity contribution in [3.05, 3.63) is 68.7 Å². The van der Waals surface area contributed by atoms with E-state index in [1.54, 1.807) is 12.1 Å². The molecule has 32 heavy (non-hydrogen) atoms. The van der Waals surface area contributed by atoms with Gasteiger partial charge in [0, 0.05) is 29.3 Å². The molecule has 2 aromatic rings. The maximum atomic E-state index is 12.1. The number of nitro groups is 1. The Morgan fingerprint density at radius 3 is 2.34 bits per heavy atom. The molecule has 0 aromatic heterocycles.